The molecule has 40 heavy (non-hydrogen) atoms. The Bertz CT molecular complexity index is 1550. The van der Waals surface area contributed by atoms with Crippen molar-refractivity contribution in [1.29, 1.82) is 0 Å². The molecule has 0 aromatic heterocycles. The summed E-state index contributed by atoms with van der Waals surface area (Å²) in [6.45, 7) is 4.00. The monoisotopic (exact) mass is 518 g/mol. The van der Waals surface area contributed by atoms with E-state index < -0.39 is 0 Å². The molecule has 5 aromatic rings. The van der Waals surface area contributed by atoms with Crippen molar-refractivity contribution in [2.24, 2.45) is 0 Å². The van der Waals surface area contributed by atoms with Crippen LogP contribution < -0.4 is 9.80 Å². The average molecular weight is 519 g/mol. The Morgan fingerprint density at radius 1 is 0.600 bits per heavy atom. The highest BCUT2D eigenvalue weighted by Crippen LogP contribution is 2.36. The van der Waals surface area contributed by atoms with Gasteiger partial charge < -0.3 is 9.80 Å². The standard InChI is InChI=1S/C38H34N2/c1-3-31(28-32-16-7-4-8-17-32)18-13-19-33-20-14-25-36(29-33)39(2)37-26-15-27-38(30-37)40(34-21-9-5-10-22-34)35-23-11-6-12-24-35/h3-27,29-30H,1,28H2,2H3/b19-13+,31-18+. The zero-order chi connectivity index (χ0) is 27.6. The second kappa shape index (κ2) is 13.1. The zero-order valence-electron chi connectivity index (χ0n) is 22.9. The average Bonchev–Trinajstić information content (AvgIpc) is 3.02. The van der Waals surface area contributed by atoms with Crippen LogP contribution in [0, 0.1) is 0 Å². The molecule has 0 fully saturated rings. The van der Waals surface area contributed by atoms with Crippen molar-refractivity contribution in [3.8, 4) is 0 Å². The number of allylic oxidation sites excluding steroid dienone is 4. The maximum atomic E-state index is 4.00. The van der Waals surface area contributed by atoms with E-state index in [1.54, 1.807) is 0 Å². The molecule has 0 aliphatic heterocycles. The number of hydrogen-bond acceptors (Lipinski definition) is 2. The van der Waals surface area contributed by atoms with Gasteiger partial charge in [0.25, 0.3) is 0 Å². The summed E-state index contributed by atoms with van der Waals surface area (Å²) in [7, 11) is 2.12. The van der Waals surface area contributed by atoms with Gasteiger partial charge in [-0.2, -0.15) is 0 Å². The number of benzene rings is 5. The van der Waals surface area contributed by atoms with Gasteiger partial charge in [0.2, 0.25) is 0 Å². The van der Waals surface area contributed by atoms with Gasteiger partial charge in [0.15, 0.2) is 0 Å². The van der Waals surface area contributed by atoms with Gasteiger partial charge in [-0.15, -0.1) is 0 Å². The summed E-state index contributed by atoms with van der Waals surface area (Å²) in [5.41, 5.74) is 9.22. The molecule has 0 N–H and O–H groups in total. The van der Waals surface area contributed by atoms with Crippen molar-refractivity contribution in [1.82, 2.24) is 0 Å². The van der Waals surface area contributed by atoms with Crippen LogP contribution >= 0.6 is 0 Å². The van der Waals surface area contributed by atoms with Crippen LogP contribution in [0.4, 0.5) is 28.4 Å². The Balaban J connectivity index is 1.38. The van der Waals surface area contributed by atoms with Gasteiger partial charge in [-0.25, -0.2) is 0 Å². The zero-order valence-corrected chi connectivity index (χ0v) is 22.9. The van der Waals surface area contributed by atoms with Crippen molar-refractivity contribution >= 4 is 34.5 Å². The largest absolute Gasteiger partial charge is 0.345 e. The molecule has 5 aromatic carbocycles. The molecule has 0 saturated carbocycles. The van der Waals surface area contributed by atoms with Crippen LogP contribution in [0.1, 0.15) is 11.1 Å². The first kappa shape index (κ1) is 26.5. The minimum atomic E-state index is 0.872. The molecule has 2 heteroatoms. The van der Waals surface area contributed by atoms with Crippen LogP contribution in [-0.2, 0) is 6.42 Å². The van der Waals surface area contributed by atoms with E-state index in [0.29, 0.717) is 0 Å². The molecule has 0 aliphatic rings. The van der Waals surface area contributed by atoms with Crippen LogP contribution in [-0.4, -0.2) is 7.05 Å². The third-order valence-corrected chi connectivity index (χ3v) is 6.87. The minimum absolute atomic E-state index is 0.872. The summed E-state index contributed by atoms with van der Waals surface area (Å²) in [6, 6.07) is 48.8. The van der Waals surface area contributed by atoms with Crippen LogP contribution in [0.5, 0.6) is 0 Å². The maximum Gasteiger partial charge on any atom is 0.0482 e. The smallest absolute Gasteiger partial charge is 0.0482 e. The maximum absolute atomic E-state index is 4.00. The van der Waals surface area contributed by atoms with E-state index in [0.717, 1.165) is 40.4 Å². The molecule has 0 atom stereocenters. The Kier molecular flexibility index (Phi) is 8.70. The molecule has 2 nitrogen and oxygen atoms in total. The normalized spacial score (nSPS) is 11.4. The molecule has 0 bridgehead atoms. The summed E-state index contributed by atoms with van der Waals surface area (Å²) in [5.74, 6) is 0. The molecule has 0 amide bonds. The predicted octanol–water partition coefficient (Wildman–Crippen LogP) is 10.3. The second-order valence-electron chi connectivity index (χ2n) is 9.65. The molecular weight excluding hydrogens is 484 g/mol. The molecular formula is C38H34N2. The highest BCUT2D eigenvalue weighted by atomic mass is 15.2. The lowest BCUT2D eigenvalue weighted by atomic mass is 10.0. The van der Waals surface area contributed by atoms with Gasteiger partial charge >= 0.3 is 0 Å². The lowest BCUT2D eigenvalue weighted by Crippen LogP contribution is -2.13. The second-order valence-corrected chi connectivity index (χ2v) is 9.65. The lowest BCUT2D eigenvalue weighted by Gasteiger charge is -2.27. The Morgan fingerprint density at radius 2 is 1.12 bits per heavy atom. The summed E-state index contributed by atoms with van der Waals surface area (Å²) >= 11 is 0. The van der Waals surface area contributed by atoms with Crippen LogP contribution in [0.15, 0.2) is 170 Å². The molecule has 0 unspecified atom stereocenters. The number of anilines is 5. The number of nitrogens with zero attached hydrogens (tertiary/aromatic N) is 2. The van der Waals surface area contributed by atoms with Gasteiger partial charge in [0.05, 0.1) is 0 Å². The predicted molar refractivity (Wildman–Crippen MR) is 173 cm³/mol. The van der Waals surface area contributed by atoms with E-state index in [9.17, 15) is 0 Å². The Hall–Kier alpha value is -5.08. The van der Waals surface area contributed by atoms with Crippen molar-refractivity contribution in [2.75, 3.05) is 16.8 Å². The van der Waals surface area contributed by atoms with E-state index in [1.165, 1.54) is 11.1 Å². The van der Waals surface area contributed by atoms with E-state index in [4.69, 9.17) is 0 Å². The van der Waals surface area contributed by atoms with Gasteiger partial charge in [0.1, 0.15) is 0 Å². The molecule has 0 saturated heterocycles. The summed E-state index contributed by atoms with van der Waals surface area (Å²) in [4.78, 5) is 4.52. The summed E-state index contributed by atoms with van der Waals surface area (Å²) < 4.78 is 0. The number of rotatable bonds is 10. The topological polar surface area (TPSA) is 6.48 Å². The third-order valence-electron chi connectivity index (χ3n) is 6.87. The van der Waals surface area contributed by atoms with Crippen molar-refractivity contribution < 1.29 is 0 Å². The van der Waals surface area contributed by atoms with E-state index >= 15 is 0 Å². The first-order valence-corrected chi connectivity index (χ1v) is 13.6. The van der Waals surface area contributed by atoms with Crippen molar-refractivity contribution in [2.45, 2.75) is 6.42 Å². The lowest BCUT2D eigenvalue weighted by molar-refractivity contribution is 1.20. The Morgan fingerprint density at radius 3 is 1.75 bits per heavy atom. The van der Waals surface area contributed by atoms with Gasteiger partial charge in [-0.3, -0.25) is 0 Å². The number of hydrogen-bond donors (Lipinski definition) is 0. The molecule has 196 valence electrons. The minimum Gasteiger partial charge on any atom is -0.345 e. The SMILES string of the molecule is C=C/C(=C\C=C\c1cccc(N(C)c2cccc(N(c3ccccc3)c3ccccc3)c2)c1)Cc1ccccc1. The molecule has 0 heterocycles. The van der Waals surface area contributed by atoms with Crippen LogP contribution in [0.2, 0.25) is 0 Å². The van der Waals surface area contributed by atoms with Crippen LogP contribution in [0.3, 0.4) is 0 Å². The van der Waals surface area contributed by atoms with Gasteiger partial charge in [0, 0.05) is 35.5 Å². The number of para-hydroxylation sites is 2. The van der Waals surface area contributed by atoms with E-state index in [-0.39, 0.29) is 0 Å². The van der Waals surface area contributed by atoms with E-state index in [1.807, 2.05) is 12.1 Å². The summed E-state index contributed by atoms with van der Waals surface area (Å²) in [5, 5.41) is 0. The quantitative estimate of drug-likeness (QED) is 0.170. The molecule has 0 aliphatic carbocycles. The van der Waals surface area contributed by atoms with Gasteiger partial charge in [-0.1, -0.05) is 116 Å². The third kappa shape index (κ3) is 6.67. The Labute approximate surface area is 238 Å². The van der Waals surface area contributed by atoms with Crippen molar-refractivity contribution in [3.63, 3.8) is 0 Å². The first-order chi connectivity index (χ1) is 19.7. The highest BCUT2D eigenvalue weighted by molar-refractivity contribution is 5.79. The molecule has 0 radical (unpaired) electrons. The fourth-order valence-electron chi connectivity index (χ4n) is 4.74. The van der Waals surface area contributed by atoms with Gasteiger partial charge in [-0.05, 0) is 77.7 Å². The summed E-state index contributed by atoms with van der Waals surface area (Å²) in [6.07, 6.45) is 9.20. The molecule has 0 spiro atoms. The highest BCUT2D eigenvalue weighted by Gasteiger charge is 2.13. The van der Waals surface area contributed by atoms with Crippen LogP contribution in [0.25, 0.3) is 6.08 Å². The fourth-order valence-corrected chi connectivity index (χ4v) is 4.74. The van der Waals surface area contributed by atoms with Crippen molar-refractivity contribution in [3.05, 3.63) is 181 Å². The fraction of sp³-hybridized carbons (Fsp3) is 0.0526. The van der Waals surface area contributed by atoms with E-state index in [2.05, 4.69) is 175 Å². The first-order valence-electron chi connectivity index (χ1n) is 13.6. The molecule has 5 rings (SSSR count).